The highest BCUT2D eigenvalue weighted by molar-refractivity contribution is 7.17. The number of aromatic carboxylic acids is 1. The number of carbonyl (C=O) groups is 1. The SMILES string of the molecule is Cc1nc(N(C)c2ccc(F)cc2)sc1C(=O)O. The van der Waals surface area contributed by atoms with E-state index in [1.165, 1.54) is 12.1 Å². The number of anilines is 2. The molecule has 1 heterocycles. The summed E-state index contributed by atoms with van der Waals surface area (Å²) >= 11 is 1.10. The number of benzene rings is 1. The lowest BCUT2D eigenvalue weighted by Gasteiger charge is -2.15. The number of aromatic nitrogens is 1. The average molecular weight is 266 g/mol. The molecule has 0 aliphatic rings. The van der Waals surface area contributed by atoms with E-state index in [2.05, 4.69) is 4.98 Å². The first-order chi connectivity index (χ1) is 8.49. The third-order valence-electron chi connectivity index (χ3n) is 2.48. The standard InChI is InChI=1S/C12H11FN2O2S/c1-7-10(11(16)17)18-12(14-7)15(2)9-5-3-8(13)4-6-9/h3-6H,1-2H3,(H,16,17). The molecule has 0 aliphatic heterocycles. The minimum Gasteiger partial charge on any atom is -0.477 e. The fraction of sp³-hybridized carbons (Fsp3) is 0.167. The van der Waals surface area contributed by atoms with Gasteiger partial charge in [-0.1, -0.05) is 11.3 Å². The molecule has 0 bridgehead atoms. The van der Waals surface area contributed by atoms with Crippen LogP contribution >= 0.6 is 11.3 Å². The van der Waals surface area contributed by atoms with Crippen molar-refractivity contribution < 1.29 is 14.3 Å². The summed E-state index contributed by atoms with van der Waals surface area (Å²) in [6.45, 7) is 1.65. The summed E-state index contributed by atoms with van der Waals surface area (Å²) in [6, 6.07) is 5.94. The van der Waals surface area contributed by atoms with E-state index in [0.29, 0.717) is 10.8 Å². The van der Waals surface area contributed by atoms with Crippen molar-refractivity contribution in [1.82, 2.24) is 4.98 Å². The Morgan fingerprint density at radius 3 is 2.50 bits per heavy atom. The van der Waals surface area contributed by atoms with E-state index in [0.717, 1.165) is 17.0 Å². The third-order valence-corrected chi connectivity index (χ3v) is 3.70. The number of thiazole rings is 1. The van der Waals surface area contributed by atoms with Gasteiger partial charge in [0.25, 0.3) is 0 Å². The van der Waals surface area contributed by atoms with E-state index in [1.54, 1.807) is 31.0 Å². The van der Waals surface area contributed by atoms with Crippen LogP contribution < -0.4 is 4.90 Å². The third kappa shape index (κ3) is 2.33. The van der Waals surface area contributed by atoms with E-state index in [4.69, 9.17) is 5.11 Å². The fourth-order valence-electron chi connectivity index (χ4n) is 1.50. The van der Waals surface area contributed by atoms with Gasteiger partial charge < -0.3 is 10.0 Å². The molecule has 1 aromatic carbocycles. The number of aryl methyl sites for hydroxylation is 1. The molecule has 4 nitrogen and oxygen atoms in total. The Kier molecular flexibility index (Phi) is 3.29. The molecule has 0 amide bonds. The molecule has 0 aliphatic carbocycles. The molecular weight excluding hydrogens is 255 g/mol. The summed E-state index contributed by atoms with van der Waals surface area (Å²) in [5.41, 5.74) is 1.23. The van der Waals surface area contributed by atoms with E-state index >= 15 is 0 Å². The van der Waals surface area contributed by atoms with Gasteiger partial charge in [-0.2, -0.15) is 0 Å². The van der Waals surface area contributed by atoms with Gasteiger partial charge in [-0.25, -0.2) is 14.2 Å². The maximum Gasteiger partial charge on any atom is 0.347 e. The quantitative estimate of drug-likeness (QED) is 0.927. The zero-order chi connectivity index (χ0) is 13.3. The minimum absolute atomic E-state index is 0.221. The Balaban J connectivity index is 2.34. The van der Waals surface area contributed by atoms with Crippen molar-refractivity contribution in [2.75, 3.05) is 11.9 Å². The van der Waals surface area contributed by atoms with Crippen LogP contribution in [0.15, 0.2) is 24.3 Å². The van der Waals surface area contributed by atoms with Crippen LogP contribution in [-0.2, 0) is 0 Å². The molecule has 2 rings (SSSR count). The molecule has 2 aromatic rings. The number of hydrogen-bond donors (Lipinski definition) is 1. The minimum atomic E-state index is -0.983. The average Bonchev–Trinajstić information content (AvgIpc) is 2.71. The number of halogens is 1. The molecule has 0 unspecified atom stereocenters. The molecular formula is C12H11FN2O2S. The second kappa shape index (κ2) is 4.73. The molecule has 0 saturated carbocycles. The summed E-state index contributed by atoms with van der Waals surface area (Å²) < 4.78 is 12.8. The van der Waals surface area contributed by atoms with Gasteiger partial charge in [0, 0.05) is 12.7 Å². The van der Waals surface area contributed by atoms with Gasteiger partial charge in [0.2, 0.25) is 0 Å². The molecule has 0 saturated heterocycles. The number of carboxylic acid groups (broad SMARTS) is 1. The summed E-state index contributed by atoms with van der Waals surface area (Å²) in [7, 11) is 1.76. The van der Waals surface area contributed by atoms with E-state index < -0.39 is 5.97 Å². The molecule has 94 valence electrons. The number of rotatable bonds is 3. The lowest BCUT2D eigenvalue weighted by atomic mass is 10.3. The van der Waals surface area contributed by atoms with Crippen LogP contribution in [0.4, 0.5) is 15.2 Å². The molecule has 0 radical (unpaired) electrons. The number of carboxylic acids is 1. The normalized spacial score (nSPS) is 10.4. The predicted octanol–water partition coefficient (Wildman–Crippen LogP) is 3.06. The summed E-state index contributed by atoms with van der Waals surface area (Å²) in [5.74, 6) is -1.29. The largest absolute Gasteiger partial charge is 0.477 e. The van der Waals surface area contributed by atoms with Gasteiger partial charge in [-0.15, -0.1) is 0 Å². The zero-order valence-corrected chi connectivity index (χ0v) is 10.7. The van der Waals surface area contributed by atoms with Crippen LogP contribution in [0, 0.1) is 12.7 Å². The fourth-order valence-corrected chi connectivity index (χ4v) is 2.39. The zero-order valence-electron chi connectivity index (χ0n) is 9.85. The van der Waals surface area contributed by atoms with Crippen molar-refractivity contribution in [3.8, 4) is 0 Å². The van der Waals surface area contributed by atoms with Gasteiger partial charge in [0.05, 0.1) is 5.69 Å². The first-order valence-corrected chi connectivity index (χ1v) is 6.00. The van der Waals surface area contributed by atoms with Gasteiger partial charge in [-0.3, -0.25) is 0 Å². The van der Waals surface area contributed by atoms with Crippen LogP contribution in [0.1, 0.15) is 15.4 Å². The van der Waals surface area contributed by atoms with Crippen LogP contribution in [0.25, 0.3) is 0 Å². The molecule has 0 spiro atoms. The van der Waals surface area contributed by atoms with Crippen LogP contribution in [0.3, 0.4) is 0 Å². The topological polar surface area (TPSA) is 53.4 Å². The smallest absolute Gasteiger partial charge is 0.347 e. The summed E-state index contributed by atoms with van der Waals surface area (Å²) in [4.78, 5) is 17.1. The highest BCUT2D eigenvalue weighted by Crippen LogP contribution is 2.30. The molecule has 1 aromatic heterocycles. The van der Waals surface area contributed by atoms with Crippen molar-refractivity contribution in [3.05, 3.63) is 40.7 Å². The lowest BCUT2D eigenvalue weighted by molar-refractivity contribution is 0.0701. The first kappa shape index (κ1) is 12.5. The Labute approximate surface area is 107 Å². The van der Waals surface area contributed by atoms with E-state index in [1.807, 2.05) is 0 Å². The highest BCUT2D eigenvalue weighted by Gasteiger charge is 2.17. The molecule has 18 heavy (non-hydrogen) atoms. The maximum absolute atomic E-state index is 12.8. The van der Waals surface area contributed by atoms with E-state index in [9.17, 15) is 9.18 Å². The second-order valence-corrected chi connectivity index (χ2v) is 4.73. The van der Waals surface area contributed by atoms with Gasteiger partial charge >= 0.3 is 5.97 Å². The first-order valence-electron chi connectivity index (χ1n) is 5.19. The monoisotopic (exact) mass is 266 g/mol. The van der Waals surface area contributed by atoms with Crippen molar-refractivity contribution in [2.24, 2.45) is 0 Å². The summed E-state index contributed by atoms with van der Waals surface area (Å²) in [5, 5.41) is 9.54. The predicted molar refractivity (Wildman–Crippen MR) is 68.3 cm³/mol. The second-order valence-electron chi connectivity index (χ2n) is 3.75. The van der Waals surface area contributed by atoms with Gasteiger partial charge in [-0.05, 0) is 31.2 Å². The Bertz CT molecular complexity index is 580. The molecule has 6 heteroatoms. The van der Waals surface area contributed by atoms with E-state index in [-0.39, 0.29) is 10.7 Å². The highest BCUT2D eigenvalue weighted by atomic mass is 32.1. The van der Waals surface area contributed by atoms with Gasteiger partial charge in [0.1, 0.15) is 10.7 Å². The number of nitrogens with zero attached hydrogens (tertiary/aromatic N) is 2. The summed E-state index contributed by atoms with van der Waals surface area (Å²) in [6.07, 6.45) is 0. The lowest BCUT2D eigenvalue weighted by Crippen LogP contribution is -2.08. The number of hydrogen-bond acceptors (Lipinski definition) is 4. The van der Waals surface area contributed by atoms with Crippen LogP contribution in [-0.4, -0.2) is 23.1 Å². The maximum atomic E-state index is 12.8. The molecule has 1 N–H and O–H groups in total. The van der Waals surface area contributed by atoms with Crippen molar-refractivity contribution in [3.63, 3.8) is 0 Å². The Hall–Kier alpha value is -1.95. The van der Waals surface area contributed by atoms with Crippen molar-refractivity contribution in [2.45, 2.75) is 6.92 Å². The van der Waals surface area contributed by atoms with Crippen molar-refractivity contribution >= 4 is 28.1 Å². The van der Waals surface area contributed by atoms with Crippen molar-refractivity contribution in [1.29, 1.82) is 0 Å². The Morgan fingerprint density at radius 1 is 1.39 bits per heavy atom. The van der Waals surface area contributed by atoms with Crippen LogP contribution in [0.5, 0.6) is 0 Å². The Morgan fingerprint density at radius 2 is 2.00 bits per heavy atom. The van der Waals surface area contributed by atoms with Gasteiger partial charge in [0.15, 0.2) is 5.13 Å². The molecule has 0 atom stereocenters. The van der Waals surface area contributed by atoms with Crippen LogP contribution in [0.2, 0.25) is 0 Å². The molecule has 0 fully saturated rings.